The molecule has 6 nitrogen and oxygen atoms in total. The van der Waals surface area contributed by atoms with Crippen LogP contribution in [0.3, 0.4) is 0 Å². The van der Waals surface area contributed by atoms with E-state index in [0.717, 1.165) is 17.7 Å². The first-order valence-corrected chi connectivity index (χ1v) is 6.44. The van der Waals surface area contributed by atoms with Crippen molar-refractivity contribution in [3.8, 4) is 5.75 Å². The number of aromatic nitrogens is 2. The molecule has 1 aromatic carbocycles. The van der Waals surface area contributed by atoms with Crippen molar-refractivity contribution in [1.29, 1.82) is 0 Å². The summed E-state index contributed by atoms with van der Waals surface area (Å²) in [5, 5.41) is 6.88. The van der Waals surface area contributed by atoms with Gasteiger partial charge in [0.2, 0.25) is 0 Å². The molecule has 1 aliphatic heterocycles. The van der Waals surface area contributed by atoms with Crippen LogP contribution in [-0.2, 0) is 13.0 Å². The first-order chi connectivity index (χ1) is 9.69. The van der Waals surface area contributed by atoms with Crippen molar-refractivity contribution < 1.29 is 9.53 Å². The number of fused-ring (bicyclic) bond motifs is 1. The molecule has 0 unspecified atom stereocenters. The van der Waals surface area contributed by atoms with Crippen molar-refractivity contribution in [2.45, 2.75) is 13.0 Å². The third kappa shape index (κ3) is 2.09. The second-order valence-electron chi connectivity index (χ2n) is 4.77. The van der Waals surface area contributed by atoms with Crippen LogP contribution in [0.2, 0.25) is 0 Å². The number of ether oxygens (including phenoxy) is 1. The number of nitrogens with zero attached hydrogens (tertiary/aromatic N) is 2. The Hall–Kier alpha value is -2.50. The molecule has 0 fully saturated rings. The van der Waals surface area contributed by atoms with Gasteiger partial charge in [0, 0.05) is 17.7 Å². The number of methoxy groups -OCH3 is 1. The zero-order valence-electron chi connectivity index (χ0n) is 11.2. The Balaban J connectivity index is 1.82. The minimum absolute atomic E-state index is 0.0114. The van der Waals surface area contributed by atoms with E-state index in [0.29, 0.717) is 30.2 Å². The maximum Gasteiger partial charge on any atom is 0.254 e. The van der Waals surface area contributed by atoms with Gasteiger partial charge < -0.3 is 15.4 Å². The van der Waals surface area contributed by atoms with Gasteiger partial charge in [-0.25, -0.2) is 0 Å². The fraction of sp³-hybridized carbons (Fsp3) is 0.286. The van der Waals surface area contributed by atoms with E-state index in [2.05, 4.69) is 10.2 Å². The number of aromatic amines is 1. The molecular weight excluding hydrogens is 256 g/mol. The van der Waals surface area contributed by atoms with E-state index in [1.807, 2.05) is 12.1 Å². The summed E-state index contributed by atoms with van der Waals surface area (Å²) < 4.78 is 5.15. The number of anilines is 1. The van der Waals surface area contributed by atoms with Crippen molar-refractivity contribution in [3.63, 3.8) is 0 Å². The molecule has 104 valence electrons. The van der Waals surface area contributed by atoms with Crippen molar-refractivity contribution in [2.75, 3.05) is 19.4 Å². The number of amides is 1. The summed E-state index contributed by atoms with van der Waals surface area (Å²) in [5.74, 6) is 1.20. The molecule has 1 aromatic heterocycles. The number of carbonyl (C=O) groups excluding carboxylic acids is 1. The highest BCUT2D eigenvalue weighted by Gasteiger charge is 2.24. The van der Waals surface area contributed by atoms with E-state index in [4.69, 9.17) is 10.5 Å². The molecule has 0 aliphatic carbocycles. The normalized spacial score (nSPS) is 13.9. The van der Waals surface area contributed by atoms with Crippen LogP contribution in [0.1, 0.15) is 21.6 Å². The zero-order valence-corrected chi connectivity index (χ0v) is 11.2. The quantitative estimate of drug-likeness (QED) is 0.860. The summed E-state index contributed by atoms with van der Waals surface area (Å²) >= 11 is 0. The second kappa shape index (κ2) is 4.88. The third-order valence-electron chi connectivity index (χ3n) is 3.57. The van der Waals surface area contributed by atoms with Gasteiger partial charge in [-0.15, -0.1) is 0 Å². The minimum atomic E-state index is -0.0114. The largest absolute Gasteiger partial charge is 0.497 e. The molecule has 2 heterocycles. The van der Waals surface area contributed by atoms with Gasteiger partial charge in [0.25, 0.3) is 5.91 Å². The van der Waals surface area contributed by atoms with E-state index >= 15 is 0 Å². The van der Waals surface area contributed by atoms with Crippen LogP contribution >= 0.6 is 0 Å². The Morgan fingerprint density at radius 3 is 3.15 bits per heavy atom. The van der Waals surface area contributed by atoms with Crippen LogP contribution < -0.4 is 10.5 Å². The molecule has 1 aliphatic rings. The summed E-state index contributed by atoms with van der Waals surface area (Å²) in [6.07, 6.45) is 0.730. The molecule has 0 saturated carbocycles. The first kappa shape index (κ1) is 12.5. The van der Waals surface area contributed by atoms with Gasteiger partial charge in [-0.3, -0.25) is 9.89 Å². The standard InChI is InChI=1S/C14H16N4O2/c1-20-10-4-2-3-9(7-10)14(19)18-6-5-11-12(8-18)16-17-13(11)15/h2-4,7H,5-6,8H2,1H3,(H3,15,16,17). The van der Waals surface area contributed by atoms with Gasteiger partial charge in [0.05, 0.1) is 19.3 Å². The Morgan fingerprint density at radius 1 is 1.50 bits per heavy atom. The van der Waals surface area contributed by atoms with Gasteiger partial charge in [-0.2, -0.15) is 5.10 Å². The van der Waals surface area contributed by atoms with E-state index in [9.17, 15) is 4.79 Å². The lowest BCUT2D eigenvalue weighted by Gasteiger charge is -2.26. The molecule has 0 spiro atoms. The van der Waals surface area contributed by atoms with Crippen LogP contribution in [0.25, 0.3) is 0 Å². The Bertz CT molecular complexity index is 650. The number of H-pyrrole nitrogens is 1. The molecule has 20 heavy (non-hydrogen) atoms. The van der Waals surface area contributed by atoms with Crippen LogP contribution in [0, 0.1) is 0 Å². The number of benzene rings is 1. The van der Waals surface area contributed by atoms with Crippen molar-refractivity contribution in [2.24, 2.45) is 0 Å². The maximum atomic E-state index is 12.5. The van der Waals surface area contributed by atoms with Crippen molar-refractivity contribution in [1.82, 2.24) is 15.1 Å². The molecule has 0 atom stereocenters. The highest BCUT2D eigenvalue weighted by atomic mass is 16.5. The number of hydrogen-bond acceptors (Lipinski definition) is 4. The van der Waals surface area contributed by atoms with Gasteiger partial charge in [-0.05, 0) is 24.6 Å². The minimum Gasteiger partial charge on any atom is -0.497 e. The maximum absolute atomic E-state index is 12.5. The molecule has 3 rings (SSSR count). The topological polar surface area (TPSA) is 84.2 Å². The number of nitrogen functional groups attached to an aromatic ring is 1. The molecule has 2 aromatic rings. The average Bonchev–Trinajstić information content (AvgIpc) is 2.87. The Morgan fingerprint density at radius 2 is 2.35 bits per heavy atom. The lowest BCUT2D eigenvalue weighted by molar-refractivity contribution is 0.0732. The van der Waals surface area contributed by atoms with Gasteiger partial charge in [0.1, 0.15) is 11.6 Å². The fourth-order valence-electron chi connectivity index (χ4n) is 2.46. The Labute approximate surface area is 116 Å². The monoisotopic (exact) mass is 272 g/mol. The van der Waals surface area contributed by atoms with E-state index in [1.165, 1.54) is 0 Å². The molecule has 3 N–H and O–H groups in total. The number of nitrogens with two attached hydrogens (primary N) is 1. The van der Waals surface area contributed by atoms with Crippen LogP contribution in [-0.4, -0.2) is 34.7 Å². The van der Waals surface area contributed by atoms with Crippen LogP contribution in [0.4, 0.5) is 5.82 Å². The van der Waals surface area contributed by atoms with Gasteiger partial charge >= 0.3 is 0 Å². The summed E-state index contributed by atoms with van der Waals surface area (Å²) in [4.78, 5) is 14.3. The second-order valence-corrected chi connectivity index (χ2v) is 4.77. The molecule has 0 saturated heterocycles. The summed E-state index contributed by atoms with van der Waals surface area (Å²) in [5.41, 5.74) is 8.34. The first-order valence-electron chi connectivity index (χ1n) is 6.44. The molecule has 6 heteroatoms. The molecule has 1 amide bonds. The SMILES string of the molecule is COc1cccc(C(=O)N2CCc3c(N)n[nH]c3C2)c1. The summed E-state index contributed by atoms with van der Waals surface area (Å²) in [7, 11) is 1.59. The summed E-state index contributed by atoms with van der Waals surface area (Å²) in [6.45, 7) is 1.16. The van der Waals surface area contributed by atoms with Crippen molar-refractivity contribution in [3.05, 3.63) is 41.1 Å². The molecular formula is C14H16N4O2. The van der Waals surface area contributed by atoms with Crippen LogP contribution in [0.5, 0.6) is 5.75 Å². The predicted octanol–water partition coefficient (Wildman–Crippen LogP) is 1.20. The van der Waals surface area contributed by atoms with Gasteiger partial charge in [-0.1, -0.05) is 6.07 Å². The lowest BCUT2D eigenvalue weighted by atomic mass is 10.1. The highest BCUT2D eigenvalue weighted by molar-refractivity contribution is 5.94. The lowest BCUT2D eigenvalue weighted by Crippen LogP contribution is -2.36. The highest BCUT2D eigenvalue weighted by Crippen LogP contribution is 2.23. The number of carbonyl (C=O) groups is 1. The number of nitrogens with one attached hydrogen (secondary N) is 1. The summed E-state index contributed by atoms with van der Waals surface area (Å²) in [6, 6.07) is 7.18. The van der Waals surface area contributed by atoms with E-state index < -0.39 is 0 Å². The average molecular weight is 272 g/mol. The van der Waals surface area contributed by atoms with Gasteiger partial charge in [0.15, 0.2) is 0 Å². The van der Waals surface area contributed by atoms with Crippen molar-refractivity contribution >= 4 is 11.7 Å². The van der Waals surface area contributed by atoms with E-state index in [-0.39, 0.29) is 5.91 Å². The molecule has 0 radical (unpaired) electrons. The van der Waals surface area contributed by atoms with E-state index in [1.54, 1.807) is 24.1 Å². The third-order valence-corrected chi connectivity index (χ3v) is 3.57. The number of rotatable bonds is 2. The predicted molar refractivity (Wildman–Crippen MR) is 74.4 cm³/mol. The smallest absolute Gasteiger partial charge is 0.254 e. The zero-order chi connectivity index (χ0) is 14.1. The Kier molecular flexibility index (Phi) is 3.06. The van der Waals surface area contributed by atoms with Crippen LogP contribution in [0.15, 0.2) is 24.3 Å². The number of hydrogen-bond donors (Lipinski definition) is 2. The fourth-order valence-corrected chi connectivity index (χ4v) is 2.46. The molecule has 0 bridgehead atoms.